The van der Waals surface area contributed by atoms with Gasteiger partial charge in [-0.2, -0.15) is 0 Å². The molecule has 2 N–H and O–H groups in total. The summed E-state index contributed by atoms with van der Waals surface area (Å²) in [5.41, 5.74) is 2.27. The standard InChI is InChI=1S/C23H30N2O3/c1-5-16-10-15-12-23(3,22(27)28-4)21-18(8-9-25(13-15)14(16)2)19-11-17(26)6-7-20(19)24-21/h5-7,11,14-16,24,26H,1,8-10,12-13H2,2-4H3/t14?,15?,16?,23-/m0/s1. The van der Waals surface area contributed by atoms with Crippen LogP contribution in [0.4, 0.5) is 0 Å². The van der Waals surface area contributed by atoms with Crippen LogP contribution >= 0.6 is 0 Å². The van der Waals surface area contributed by atoms with Gasteiger partial charge in [-0.15, -0.1) is 6.58 Å². The van der Waals surface area contributed by atoms with Gasteiger partial charge in [0, 0.05) is 35.7 Å². The van der Waals surface area contributed by atoms with Crippen molar-refractivity contribution in [2.24, 2.45) is 11.8 Å². The van der Waals surface area contributed by atoms with E-state index in [1.54, 1.807) is 12.1 Å². The zero-order chi connectivity index (χ0) is 20.1. The molecular formula is C23H30N2O3. The number of methoxy groups -OCH3 is 1. The number of phenolic OH excluding ortho intramolecular Hbond substituents is 1. The van der Waals surface area contributed by atoms with Crippen molar-refractivity contribution in [1.29, 1.82) is 0 Å². The average molecular weight is 383 g/mol. The normalized spacial score (nSPS) is 32.7. The maximum Gasteiger partial charge on any atom is 0.317 e. The molecule has 1 saturated heterocycles. The van der Waals surface area contributed by atoms with Crippen molar-refractivity contribution in [3.8, 4) is 5.75 Å². The van der Waals surface area contributed by atoms with E-state index < -0.39 is 5.41 Å². The summed E-state index contributed by atoms with van der Waals surface area (Å²) in [6.07, 6.45) is 4.68. The van der Waals surface area contributed by atoms with Crippen molar-refractivity contribution < 1.29 is 14.6 Å². The summed E-state index contributed by atoms with van der Waals surface area (Å²) in [4.78, 5) is 19.1. The molecule has 5 atom stereocenters. The molecule has 5 nitrogen and oxygen atoms in total. The van der Waals surface area contributed by atoms with Crippen LogP contribution in [0.5, 0.6) is 5.75 Å². The largest absolute Gasteiger partial charge is 0.508 e. The molecule has 150 valence electrons. The number of phenols is 1. The van der Waals surface area contributed by atoms with Gasteiger partial charge in [0.05, 0.1) is 7.11 Å². The summed E-state index contributed by atoms with van der Waals surface area (Å²) in [7, 11) is 1.47. The Morgan fingerprint density at radius 2 is 2.25 bits per heavy atom. The number of esters is 1. The molecule has 28 heavy (non-hydrogen) atoms. The quantitative estimate of drug-likeness (QED) is 0.613. The van der Waals surface area contributed by atoms with Crippen molar-refractivity contribution >= 4 is 16.9 Å². The Labute approximate surface area is 166 Å². The molecule has 1 aromatic carbocycles. The van der Waals surface area contributed by atoms with Crippen molar-refractivity contribution in [2.45, 2.75) is 44.6 Å². The first-order valence-corrected chi connectivity index (χ1v) is 10.2. The fourth-order valence-electron chi connectivity index (χ4n) is 5.47. The highest BCUT2D eigenvalue weighted by Gasteiger charge is 2.45. The lowest BCUT2D eigenvalue weighted by Gasteiger charge is -2.43. The first kappa shape index (κ1) is 19.1. The maximum absolute atomic E-state index is 13.0. The molecule has 2 aliphatic rings. The molecule has 0 spiro atoms. The number of rotatable bonds is 2. The van der Waals surface area contributed by atoms with Crippen molar-refractivity contribution in [1.82, 2.24) is 9.88 Å². The van der Waals surface area contributed by atoms with Crippen LogP contribution < -0.4 is 0 Å². The van der Waals surface area contributed by atoms with Crippen molar-refractivity contribution in [3.63, 3.8) is 0 Å². The van der Waals surface area contributed by atoms with Gasteiger partial charge in [-0.1, -0.05) is 6.08 Å². The smallest absolute Gasteiger partial charge is 0.317 e. The summed E-state index contributed by atoms with van der Waals surface area (Å²) in [5, 5.41) is 11.0. The number of aromatic nitrogens is 1. The second kappa shape index (κ2) is 6.96. The molecular weight excluding hydrogens is 352 g/mol. The van der Waals surface area contributed by atoms with E-state index in [-0.39, 0.29) is 11.7 Å². The number of carbonyl (C=O) groups is 1. The van der Waals surface area contributed by atoms with E-state index in [2.05, 4.69) is 29.5 Å². The number of aromatic hydroxyl groups is 1. The third-order valence-corrected chi connectivity index (χ3v) is 7.02. The molecule has 2 aromatic rings. The monoisotopic (exact) mass is 382 g/mol. The van der Waals surface area contributed by atoms with E-state index in [0.717, 1.165) is 54.5 Å². The van der Waals surface area contributed by atoms with Crippen LogP contribution in [0.15, 0.2) is 30.9 Å². The first-order valence-electron chi connectivity index (χ1n) is 10.2. The molecule has 4 rings (SSSR count). The maximum atomic E-state index is 13.0. The minimum Gasteiger partial charge on any atom is -0.508 e. The van der Waals surface area contributed by atoms with E-state index in [1.807, 2.05) is 13.0 Å². The number of nitrogens with one attached hydrogen (secondary N) is 1. The zero-order valence-electron chi connectivity index (χ0n) is 17.0. The Hall–Kier alpha value is -2.27. The number of hydrogen-bond acceptors (Lipinski definition) is 4. The number of carbonyl (C=O) groups excluding carboxylic acids is 1. The molecule has 0 aliphatic carbocycles. The molecule has 0 saturated carbocycles. The summed E-state index contributed by atoms with van der Waals surface area (Å²) in [6, 6.07) is 5.82. The fourth-order valence-corrected chi connectivity index (χ4v) is 5.47. The molecule has 1 aromatic heterocycles. The lowest BCUT2D eigenvalue weighted by molar-refractivity contribution is -0.148. The minimum absolute atomic E-state index is 0.202. The summed E-state index contributed by atoms with van der Waals surface area (Å²) >= 11 is 0. The number of fused-ring (bicyclic) bond motifs is 5. The van der Waals surface area contributed by atoms with Gasteiger partial charge in [0.1, 0.15) is 11.2 Å². The van der Waals surface area contributed by atoms with Crippen LogP contribution in [-0.2, 0) is 21.4 Å². The fraction of sp³-hybridized carbons (Fsp3) is 0.522. The molecule has 5 heteroatoms. The van der Waals surface area contributed by atoms with Gasteiger partial charge < -0.3 is 14.8 Å². The van der Waals surface area contributed by atoms with Crippen molar-refractivity contribution in [2.75, 3.05) is 20.2 Å². The number of piperidine rings is 1. The van der Waals surface area contributed by atoms with Gasteiger partial charge in [0.25, 0.3) is 0 Å². The minimum atomic E-state index is -0.744. The molecule has 2 bridgehead atoms. The van der Waals surface area contributed by atoms with Crippen LogP contribution in [-0.4, -0.2) is 47.2 Å². The third kappa shape index (κ3) is 2.93. The van der Waals surface area contributed by atoms with Crippen LogP contribution in [0, 0.1) is 11.8 Å². The third-order valence-electron chi connectivity index (χ3n) is 7.02. The Bertz CT molecular complexity index is 918. The van der Waals surface area contributed by atoms with Gasteiger partial charge >= 0.3 is 5.97 Å². The van der Waals surface area contributed by atoms with Crippen LogP contribution in [0.25, 0.3) is 10.9 Å². The highest BCUT2D eigenvalue weighted by atomic mass is 16.5. The van der Waals surface area contributed by atoms with Gasteiger partial charge in [-0.3, -0.25) is 9.69 Å². The number of benzene rings is 1. The molecule has 4 unspecified atom stereocenters. The number of hydrogen-bond donors (Lipinski definition) is 2. The van der Waals surface area contributed by atoms with Gasteiger partial charge in [0.15, 0.2) is 0 Å². The van der Waals surface area contributed by atoms with Gasteiger partial charge in [0.2, 0.25) is 0 Å². The van der Waals surface area contributed by atoms with E-state index >= 15 is 0 Å². The Balaban J connectivity index is 1.89. The van der Waals surface area contributed by atoms with Gasteiger partial charge in [-0.05, 0) is 68.7 Å². The summed E-state index contributed by atoms with van der Waals surface area (Å²) in [5.74, 6) is 0.867. The molecule has 3 heterocycles. The Kier molecular flexibility index (Phi) is 4.74. The molecule has 1 fully saturated rings. The van der Waals surface area contributed by atoms with Crippen LogP contribution in [0.2, 0.25) is 0 Å². The van der Waals surface area contributed by atoms with E-state index in [1.165, 1.54) is 7.11 Å². The van der Waals surface area contributed by atoms with Crippen molar-refractivity contribution in [3.05, 3.63) is 42.1 Å². The van der Waals surface area contributed by atoms with Crippen LogP contribution in [0.3, 0.4) is 0 Å². The summed E-state index contributed by atoms with van der Waals surface area (Å²) < 4.78 is 5.28. The van der Waals surface area contributed by atoms with E-state index in [0.29, 0.717) is 17.9 Å². The molecule has 2 aliphatic heterocycles. The van der Waals surface area contributed by atoms with Crippen LogP contribution in [0.1, 0.15) is 37.9 Å². The zero-order valence-corrected chi connectivity index (χ0v) is 17.0. The predicted molar refractivity (Wildman–Crippen MR) is 110 cm³/mol. The SMILES string of the molecule is C=CC1CC2CN(CCc3c([nH]c4ccc(O)cc34)[C@@](C)(C(=O)OC)C2)C1C. The van der Waals surface area contributed by atoms with E-state index in [4.69, 9.17) is 4.74 Å². The lowest BCUT2D eigenvalue weighted by atomic mass is 9.72. The lowest BCUT2D eigenvalue weighted by Crippen LogP contribution is -2.48. The number of H-pyrrole nitrogens is 1. The highest BCUT2D eigenvalue weighted by Crippen LogP contribution is 2.43. The topological polar surface area (TPSA) is 65.6 Å². The Morgan fingerprint density at radius 1 is 1.46 bits per heavy atom. The first-order chi connectivity index (χ1) is 13.4. The Morgan fingerprint density at radius 3 is 2.96 bits per heavy atom. The van der Waals surface area contributed by atoms with E-state index in [9.17, 15) is 9.90 Å². The van der Waals surface area contributed by atoms with Gasteiger partial charge in [-0.25, -0.2) is 0 Å². The average Bonchev–Trinajstić information content (AvgIpc) is 3.06. The molecule has 0 amide bonds. The number of nitrogens with zero attached hydrogens (tertiary/aromatic N) is 1. The number of aromatic amines is 1. The highest BCUT2D eigenvalue weighted by molar-refractivity contribution is 5.91. The molecule has 0 radical (unpaired) electrons. The predicted octanol–water partition coefficient (Wildman–Crippen LogP) is 3.76. The second-order valence-corrected chi connectivity index (χ2v) is 8.72. The summed E-state index contributed by atoms with van der Waals surface area (Å²) in [6.45, 7) is 10.3. The number of ether oxygens (including phenoxy) is 1. The second-order valence-electron chi connectivity index (χ2n) is 8.72.